The van der Waals surface area contributed by atoms with Gasteiger partial charge in [0.1, 0.15) is 5.75 Å². The molecule has 2 N–H and O–H groups in total. The molecule has 0 radical (unpaired) electrons. The van der Waals surface area contributed by atoms with Crippen LogP contribution in [0.25, 0.3) is 0 Å². The van der Waals surface area contributed by atoms with E-state index in [0.717, 1.165) is 19.3 Å². The number of carbonyl (C=O) groups excluding carboxylic acids is 2. The number of anilines is 1. The molecule has 6 nitrogen and oxygen atoms in total. The summed E-state index contributed by atoms with van der Waals surface area (Å²) in [6.45, 7) is 4.09. The van der Waals surface area contributed by atoms with Crippen molar-refractivity contribution in [1.82, 2.24) is 10.2 Å². The molecule has 0 saturated heterocycles. The summed E-state index contributed by atoms with van der Waals surface area (Å²) in [5.74, 6) is 0.763. The highest BCUT2D eigenvalue weighted by atomic mass is 35.5. The first-order valence-corrected chi connectivity index (χ1v) is 9.83. The molecule has 0 unspecified atom stereocenters. The smallest absolute Gasteiger partial charge is 0.238 e. The third-order valence-corrected chi connectivity index (χ3v) is 5.54. The number of halogens is 1. The molecule has 0 heterocycles. The molecule has 3 atom stereocenters. The van der Waals surface area contributed by atoms with E-state index >= 15 is 0 Å². The Kier molecular flexibility index (Phi) is 7.92. The van der Waals surface area contributed by atoms with Gasteiger partial charge in [0.2, 0.25) is 11.8 Å². The first-order valence-electron chi connectivity index (χ1n) is 9.45. The number of likely N-dealkylation sites (N-methyl/N-ethyl adjacent to an activating group) is 1. The number of nitrogens with one attached hydrogen (secondary N) is 2. The second-order valence-electron chi connectivity index (χ2n) is 7.36. The Morgan fingerprint density at radius 3 is 2.70 bits per heavy atom. The number of nitrogens with zero attached hydrogens (tertiary/aromatic N) is 1. The Bertz CT molecular complexity index is 668. The van der Waals surface area contributed by atoms with Crippen LogP contribution in [0.3, 0.4) is 0 Å². The highest BCUT2D eigenvalue weighted by Gasteiger charge is 2.27. The van der Waals surface area contributed by atoms with E-state index in [0.29, 0.717) is 22.4 Å². The minimum absolute atomic E-state index is 0.0376. The summed E-state index contributed by atoms with van der Waals surface area (Å²) in [5.41, 5.74) is 0.511. The SMILES string of the molecule is COc1ccc(Cl)cc1NC(=O)CN(C)[C@H](C)C(=O)N[C@H]1CCCC[C@@H]1C. The van der Waals surface area contributed by atoms with Crippen molar-refractivity contribution < 1.29 is 14.3 Å². The minimum Gasteiger partial charge on any atom is -0.495 e. The lowest BCUT2D eigenvalue weighted by Crippen LogP contribution is -2.50. The summed E-state index contributed by atoms with van der Waals surface area (Å²) in [4.78, 5) is 26.7. The number of rotatable bonds is 7. The van der Waals surface area contributed by atoms with Crippen LogP contribution in [0, 0.1) is 5.92 Å². The van der Waals surface area contributed by atoms with Crippen LogP contribution < -0.4 is 15.4 Å². The number of ether oxygens (including phenoxy) is 1. The molecule has 1 aliphatic rings. The zero-order chi connectivity index (χ0) is 20.0. The molecule has 0 aliphatic heterocycles. The monoisotopic (exact) mass is 395 g/mol. The second-order valence-corrected chi connectivity index (χ2v) is 7.80. The summed E-state index contributed by atoms with van der Waals surface area (Å²) < 4.78 is 5.24. The Balaban J connectivity index is 1.89. The van der Waals surface area contributed by atoms with E-state index < -0.39 is 6.04 Å². The fourth-order valence-corrected chi connectivity index (χ4v) is 3.54. The van der Waals surface area contributed by atoms with Crippen LogP contribution in [0.5, 0.6) is 5.75 Å². The number of hydrogen-bond donors (Lipinski definition) is 2. The normalized spacial score (nSPS) is 20.8. The van der Waals surface area contributed by atoms with Gasteiger partial charge in [0, 0.05) is 11.1 Å². The van der Waals surface area contributed by atoms with Gasteiger partial charge in [-0.2, -0.15) is 0 Å². The van der Waals surface area contributed by atoms with Crippen LogP contribution >= 0.6 is 11.6 Å². The summed E-state index contributed by atoms with van der Waals surface area (Å²) in [5, 5.41) is 6.45. The first kappa shape index (κ1) is 21.5. The molecule has 0 bridgehead atoms. The van der Waals surface area contributed by atoms with Crippen LogP contribution in [0.15, 0.2) is 18.2 Å². The van der Waals surface area contributed by atoms with Gasteiger partial charge in [-0.05, 0) is 50.9 Å². The van der Waals surface area contributed by atoms with Crippen molar-refractivity contribution in [2.45, 2.75) is 51.6 Å². The number of carbonyl (C=O) groups is 2. The van der Waals surface area contributed by atoms with E-state index in [2.05, 4.69) is 17.6 Å². The third kappa shape index (κ3) is 6.11. The molecular weight excluding hydrogens is 366 g/mol. The number of hydrogen-bond acceptors (Lipinski definition) is 4. The van der Waals surface area contributed by atoms with Crippen LogP contribution in [0.2, 0.25) is 5.02 Å². The molecule has 1 aromatic rings. The van der Waals surface area contributed by atoms with Gasteiger partial charge in [-0.15, -0.1) is 0 Å². The Morgan fingerprint density at radius 2 is 2.04 bits per heavy atom. The molecule has 150 valence electrons. The Hall–Kier alpha value is -1.79. The van der Waals surface area contributed by atoms with Crippen molar-refractivity contribution in [3.63, 3.8) is 0 Å². The van der Waals surface area contributed by atoms with Crippen LogP contribution in [-0.2, 0) is 9.59 Å². The maximum Gasteiger partial charge on any atom is 0.238 e. The van der Waals surface area contributed by atoms with E-state index in [-0.39, 0.29) is 24.4 Å². The summed E-state index contributed by atoms with van der Waals surface area (Å²) in [7, 11) is 3.30. The second kappa shape index (κ2) is 9.95. The van der Waals surface area contributed by atoms with Crippen molar-refractivity contribution >= 4 is 29.1 Å². The molecule has 1 aliphatic carbocycles. The molecule has 27 heavy (non-hydrogen) atoms. The Labute approximate surface area is 166 Å². The summed E-state index contributed by atoms with van der Waals surface area (Å²) in [6, 6.07) is 4.86. The van der Waals surface area contributed by atoms with Gasteiger partial charge in [-0.25, -0.2) is 0 Å². The maximum atomic E-state index is 12.6. The molecule has 2 rings (SSSR count). The van der Waals surface area contributed by atoms with Crippen LogP contribution in [-0.4, -0.2) is 49.5 Å². The van der Waals surface area contributed by atoms with Gasteiger partial charge in [0.15, 0.2) is 0 Å². The zero-order valence-electron chi connectivity index (χ0n) is 16.5. The molecule has 1 saturated carbocycles. The third-order valence-electron chi connectivity index (χ3n) is 5.31. The first-order chi connectivity index (χ1) is 12.8. The maximum absolute atomic E-state index is 12.6. The molecular formula is C20H30ClN3O3. The van der Waals surface area contributed by atoms with E-state index in [1.165, 1.54) is 13.5 Å². The molecule has 0 spiro atoms. The minimum atomic E-state index is -0.397. The molecule has 2 amide bonds. The highest BCUT2D eigenvalue weighted by Crippen LogP contribution is 2.27. The standard InChI is InChI=1S/C20H30ClN3O3/c1-13-7-5-6-8-16(13)23-20(26)14(2)24(3)12-19(25)22-17-11-15(21)9-10-18(17)27-4/h9-11,13-14,16H,5-8,12H2,1-4H3,(H,22,25)(H,23,26)/t13-,14+,16-/m0/s1. The van der Waals surface area contributed by atoms with Gasteiger partial charge in [0.25, 0.3) is 0 Å². The van der Waals surface area contributed by atoms with Crippen molar-refractivity contribution in [3.8, 4) is 5.75 Å². The topological polar surface area (TPSA) is 70.7 Å². The lowest BCUT2D eigenvalue weighted by atomic mass is 9.86. The predicted molar refractivity (Wildman–Crippen MR) is 108 cm³/mol. The fourth-order valence-electron chi connectivity index (χ4n) is 3.37. The Morgan fingerprint density at radius 1 is 1.33 bits per heavy atom. The summed E-state index contributed by atoms with van der Waals surface area (Å²) in [6.07, 6.45) is 4.57. The van der Waals surface area contributed by atoms with Crippen molar-refractivity contribution in [2.24, 2.45) is 5.92 Å². The van der Waals surface area contributed by atoms with E-state index in [1.54, 1.807) is 30.1 Å². The number of methoxy groups -OCH3 is 1. The highest BCUT2D eigenvalue weighted by molar-refractivity contribution is 6.31. The van der Waals surface area contributed by atoms with Gasteiger partial charge in [0.05, 0.1) is 25.4 Å². The lowest BCUT2D eigenvalue weighted by molar-refractivity contribution is -0.127. The van der Waals surface area contributed by atoms with Gasteiger partial charge < -0.3 is 15.4 Å². The van der Waals surface area contributed by atoms with Crippen molar-refractivity contribution in [1.29, 1.82) is 0 Å². The number of benzene rings is 1. The average Bonchev–Trinajstić information content (AvgIpc) is 2.63. The van der Waals surface area contributed by atoms with Gasteiger partial charge in [-0.1, -0.05) is 31.4 Å². The van der Waals surface area contributed by atoms with Gasteiger partial charge >= 0.3 is 0 Å². The van der Waals surface area contributed by atoms with Crippen molar-refractivity contribution in [2.75, 3.05) is 26.0 Å². The summed E-state index contributed by atoms with van der Waals surface area (Å²) >= 11 is 5.99. The molecule has 0 aromatic heterocycles. The molecule has 1 fully saturated rings. The van der Waals surface area contributed by atoms with Crippen LogP contribution in [0.1, 0.15) is 39.5 Å². The largest absolute Gasteiger partial charge is 0.495 e. The predicted octanol–water partition coefficient (Wildman–Crippen LogP) is 3.30. The van der Waals surface area contributed by atoms with Crippen molar-refractivity contribution in [3.05, 3.63) is 23.2 Å². The van der Waals surface area contributed by atoms with E-state index in [1.807, 2.05) is 6.92 Å². The number of amides is 2. The van der Waals surface area contributed by atoms with Crippen LogP contribution in [0.4, 0.5) is 5.69 Å². The van der Waals surface area contributed by atoms with E-state index in [9.17, 15) is 9.59 Å². The molecule has 1 aromatic carbocycles. The fraction of sp³-hybridized carbons (Fsp3) is 0.600. The lowest BCUT2D eigenvalue weighted by Gasteiger charge is -2.32. The van der Waals surface area contributed by atoms with E-state index in [4.69, 9.17) is 16.3 Å². The van der Waals surface area contributed by atoms with Gasteiger partial charge in [-0.3, -0.25) is 14.5 Å². The quantitative estimate of drug-likeness (QED) is 0.743. The average molecular weight is 396 g/mol. The zero-order valence-corrected chi connectivity index (χ0v) is 17.3. The molecule has 7 heteroatoms.